The van der Waals surface area contributed by atoms with Gasteiger partial charge in [-0.1, -0.05) is 0 Å². The topological polar surface area (TPSA) is 84.1 Å². The fourth-order valence-electron chi connectivity index (χ4n) is 1.76. The van der Waals surface area contributed by atoms with Crippen molar-refractivity contribution < 1.29 is 13.2 Å². The molecule has 20 heavy (non-hydrogen) atoms. The van der Waals surface area contributed by atoms with E-state index in [2.05, 4.69) is 14.7 Å². The number of hydrogen-bond acceptors (Lipinski definition) is 4. The van der Waals surface area contributed by atoms with Gasteiger partial charge in [-0.15, -0.1) is 0 Å². The van der Waals surface area contributed by atoms with Gasteiger partial charge in [0.15, 0.2) is 0 Å². The van der Waals surface area contributed by atoms with E-state index >= 15 is 0 Å². The first-order valence-corrected chi connectivity index (χ1v) is 7.64. The highest BCUT2D eigenvalue weighted by Crippen LogP contribution is 2.15. The predicted molar refractivity (Wildman–Crippen MR) is 75.2 cm³/mol. The average Bonchev–Trinajstić information content (AvgIpc) is 2.84. The molecule has 0 spiro atoms. The van der Waals surface area contributed by atoms with Crippen molar-refractivity contribution in [3.8, 4) is 5.75 Å². The van der Waals surface area contributed by atoms with Crippen LogP contribution < -0.4 is 9.46 Å². The summed E-state index contributed by atoms with van der Waals surface area (Å²) in [5.41, 5.74) is 0.903. The molecule has 2 rings (SSSR count). The normalized spacial score (nSPS) is 11.5. The highest BCUT2D eigenvalue weighted by Gasteiger charge is 2.13. The Morgan fingerprint density at radius 1 is 1.30 bits per heavy atom. The first-order chi connectivity index (χ1) is 9.51. The monoisotopic (exact) mass is 295 g/mol. The quantitative estimate of drug-likeness (QED) is 0.840. The summed E-state index contributed by atoms with van der Waals surface area (Å²) in [5, 5.41) is 0. The van der Waals surface area contributed by atoms with Crippen molar-refractivity contribution in [2.45, 2.75) is 18.2 Å². The van der Waals surface area contributed by atoms with Gasteiger partial charge in [0.2, 0.25) is 10.0 Å². The van der Waals surface area contributed by atoms with Gasteiger partial charge in [0.25, 0.3) is 0 Å². The van der Waals surface area contributed by atoms with Crippen molar-refractivity contribution in [2.75, 3.05) is 13.7 Å². The molecule has 2 N–H and O–H groups in total. The van der Waals surface area contributed by atoms with E-state index in [0.29, 0.717) is 18.7 Å². The molecule has 1 aromatic carbocycles. The number of rotatable bonds is 6. The highest BCUT2D eigenvalue weighted by molar-refractivity contribution is 7.89. The minimum atomic E-state index is -3.49. The van der Waals surface area contributed by atoms with Gasteiger partial charge in [0.1, 0.15) is 11.6 Å². The zero-order valence-electron chi connectivity index (χ0n) is 11.4. The van der Waals surface area contributed by atoms with E-state index in [4.69, 9.17) is 4.74 Å². The van der Waals surface area contributed by atoms with Gasteiger partial charge in [0, 0.05) is 24.9 Å². The third-order valence-corrected chi connectivity index (χ3v) is 4.29. The van der Waals surface area contributed by atoms with Crippen LogP contribution in [0.2, 0.25) is 0 Å². The maximum absolute atomic E-state index is 12.0. The Bertz CT molecular complexity index is 662. The number of aromatic nitrogens is 2. The smallest absolute Gasteiger partial charge is 0.240 e. The SMILES string of the molecule is COc1ccc(S(=O)(=O)NCCc2cnc(C)[nH]2)cc1. The van der Waals surface area contributed by atoms with Crippen molar-refractivity contribution in [1.82, 2.24) is 14.7 Å². The summed E-state index contributed by atoms with van der Waals surface area (Å²) in [7, 11) is -1.95. The number of ether oxygens (including phenoxy) is 1. The van der Waals surface area contributed by atoms with Crippen LogP contribution in [0.3, 0.4) is 0 Å². The van der Waals surface area contributed by atoms with Crippen molar-refractivity contribution >= 4 is 10.0 Å². The van der Waals surface area contributed by atoms with Crippen molar-refractivity contribution in [2.24, 2.45) is 0 Å². The molecule has 1 aromatic heterocycles. The van der Waals surface area contributed by atoms with E-state index in [1.54, 1.807) is 18.3 Å². The molecule has 0 fully saturated rings. The van der Waals surface area contributed by atoms with Crippen LogP contribution in [0.15, 0.2) is 35.4 Å². The van der Waals surface area contributed by atoms with Gasteiger partial charge in [-0.25, -0.2) is 18.1 Å². The minimum absolute atomic E-state index is 0.221. The molecule has 0 aliphatic heterocycles. The first kappa shape index (κ1) is 14.5. The molecule has 0 atom stereocenters. The van der Waals surface area contributed by atoms with E-state index < -0.39 is 10.0 Å². The van der Waals surface area contributed by atoms with Crippen LogP contribution in [0.1, 0.15) is 11.5 Å². The molecule has 2 aromatic rings. The maximum Gasteiger partial charge on any atom is 0.240 e. The second-order valence-electron chi connectivity index (χ2n) is 4.32. The van der Waals surface area contributed by atoms with Gasteiger partial charge >= 0.3 is 0 Å². The number of nitrogens with one attached hydrogen (secondary N) is 2. The predicted octanol–water partition coefficient (Wildman–Crippen LogP) is 1.25. The standard InChI is InChI=1S/C13H17N3O3S/c1-10-14-9-11(16-10)7-8-15-20(17,18)13-5-3-12(19-2)4-6-13/h3-6,9,15H,7-8H2,1-2H3,(H,14,16). The number of hydrogen-bond donors (Lipinski definition) is 2. The maximum atomic E-state index is 12.0. The number of aromatic amines is 1. The summed E-state index contributed by atoms with van der Waals surface area (Å²) in [6, 6.07) is 6.27. The summed E-state index contributed by atoms with van der Waals surface area (Å²) in [4.78, 5) is 7.34. The fraction of sp³-hybridized carbons (Fsp3) is 0.308. The number of benzene rings is 1. The molecule has 7 heteroatoms. The molecule has 1 heterocycles. The number of aryl methyl sites for hydroxylation is 1. The average molecular weight is 295 g/mol. The molecule has 0 saturated heterocycles. The van der Waals surface area contributed by atoms with Crippen LogP contribution in [-0.4, -0.2) is 32.0 Å². The van der Waals surface area contributed by atoms with Crippen LogP contribution in [0.5, 0.6) is 5.75 Å². The van der Waals surface area contributed by atoms with Gasteiger partial charge in [-0.3, -0.25) is 0 Å². The molecule has 0 radical (unpaired) electrons. The second-order valence-corrected chi connectivity index (χ2v) is 6.08. The van der Waals surface area contributed by atoms with Crippen molar-refractivity contribution in [3.05, 3.63) is 42.0 Å². The van der Waals surface area contributed by atoms with E-state index in [1.807, 2.05) is 6.92 Å². The van der Waals surface area contributed by atoms with Crippen molar-refractivity contribution in [1.29, 1.82) is 0 Å². The third-order valence-electron chi connectivity index (χ3n) is 2.81. The molecule has 0 saturated carbocycles. The van der Waals surface area contributed by atoms with Crippen LogP contribution in [0.25, 0.3) is 0 Å². The van der Waals surface area contributed by atoms with E-state index in [-0.39, 0.29) is 4.90 Å². The molecule has 0 aliphatic carbocycles. The fourth-order valence-corrected chi connectivity index (χ4v) is 2.79. The number of sulfonamides is 1. The Labute approximate surface area is 118 Å². The van der Waals surface area contributed by atoms with Crippen molar-refractivity contribution in [3.63, 3.8) is 0 Å². The van der Waals surface area contributed by atoms with Crippen LogP contribution >= 0.6 is 0 Å². The van der Waals surface area contributed by atoms with Crippen LogP contribution in [-0.2, 0) is 16.4 Å². The van der Waals surface area contributed by atoms with Gasteiger partial charge in [-0.05, 0) is 31.2 Å². The Morgan fingerprint density at radius 2 is 2.00 bits per heavy atom. The zero-order chi connectivity index (χ0) is 14.6. The molecule has 0 amide bonds. The van der Waals surface area contributed by atoms with Gasteiger partial charge < -0.3 is 9.72 Å². The number of nitrogens with zero attached hydrogens (tertiary/aromatic N) is 1. The third kappa shape index (κ3) is 3.58. The van der Waals surface area contributed by atoms with Crippen LogP contribution in [0, 0.1) is 6.92 Å². The number of imidazole rings is 1. The Kier molecular flexibility index (Phi) is 4.41. The molecule has 6 nitrogen and oxygen atoms in total. The van der Waals surface area contributed by atoms with E-state index in [0.717, 1.165) is 11.5 Å². The lowest BCUT2D eigenvalue weighted by Gasteiger charge is -2.07. The minimum Gasteiger partial charge on any atom is -0.497 e. The largest absolute Gasteiger partial charge is 0.497 e. The summed E-state index contributed by atoms with van der Waals surface area (Å²) in [6.07, 6.45) is 2.27. The molecule has 108 valence electrons. The van der Waals surface area contributed by atoms with E-state index in [1.165, 1.54) is 19.2 Å². The Balaban J connectivity index is 1.96. The van der Waals surface area contributed by atoms with E-state index in [9.17, 15) is 8.42 Å². The second kappa shape index (κ2) is 6.06. The lowest BCUT2D eigenvalue weighted by molar-refractivity contribution is 0.414. The Morgan fingerprint density at radius 3 is 2.55 bits per heavy atom. The van der Waals surface area contributed by atoms with Gasteiger partial charge in [-0.2, -0.15) is 0 Å². The first-order valence-electron chi connectivity index (χ1n) is 6.15. The lowest BCUT2D eigenvalue weighted by atomic mass is 10.3. The van der Waals surface area contributed by atoms with Crippen LogP contribution in [0.4, 0.5) is 0 Å². The molecular weight excluding hydrogens is 278 g/mol. The lowest BCUT2D eigenvalue weighted by Crippen LogP contribution is -2.26. The number of H-pyrrole nitrogens is 1. The number of methoxy groups -OCH3 is 1. The highest BCUT2D eigenvalue weighted by atomic mass is 32.2. The summed E-state index contributed by atoms with van der Waals surface area (Å²) >= 11 is 0. The summed E-state index contributed by atoms with van der Waals surface area (Å²) < 4.78 is 31.6. The summed E-state index contributed by atoms with van der Waals surface area (Å²) in [5.74, 6) is 1.44. The zero-order valence-corrected chi connectivity index (χ0v) is 12.2. The molecule has 0 aliphatic rings. The molecule has 0 unspecified atom stereocenters. The summed E-state index contributed by atoms with van der Waals surface area (Å²) in [6.45, 7) is 2.17. The molecule has 0 bridgehead atoms. The molecular formula is C13H17N3O3S. The Hall–Kier alpha value is -1.86. The van der Waals surface area contributed by atoms with Gasteiger partial charge in [0.05, 0.1) is 12.0 Å².